The molecule has 0 radical (unpaired) electrons. The molecule has 0 spiro atoms. The summed E-state index contributed by atoms with van der Waals surface area (Å²) >= 11 is 0. The third kappa shape index (κ3) is 2.72. The predicted molar refractivity (Wildman–Crippen MR) is 65.8 cm³/mol. The van der Waals surface area contributed by atoms with Crippen molar-refractivity contribution in [3.05, 3.63) is 17.8 Å². The van der Waals surface area contributed by atoms with Crippen molar-refractivity contribution in [2.75, 3.05) is 18.9 Å². The molecule has 92 valence electrons. The first kappa shape index (κ1) is 11.8. The second-order valence-corrected chi connectivity index (χ2v) is 5.15. The maximum Gasteiger partial charge on any atom is 0.271 e. The van der Waals surface area contributed by atoms with Gasteiger partial charge in [-0.05, 0) is 29.9 Å². The number of nitrogens with one attached hydrogen (secondary N) is 2. The van der Waals surface area contributed by atoms with E-state index in [9.17, 15) is 4.79 Å². The maximum atomic E-state index is 11.8. The van der Waals surface area contributed by atoms with E-state index in [4.69, 9.17) is 0 Å². The van der Waals surface area contributed by atoms with E-state index in [1.54, 1.807) is 19.2 Å². The van der Waals surface area contributed by atoms with Crippen LogP contribution in [-0.4, -0.2) is 29.7 Å². The predicted octanol–water partition coefficient (Wildman–Crippen LogP) is 1.29. The van der Waals surface area contributed by atoms with Crippen LogP contribution >= 0.6 is 0 Å². The molecule has 1 heterocycles. The van der Waals surface area contributed by atoms with Crippen molar-refractivity contribution >= 4 is 11.7 Å². The van der Waals surface area contributed by atoms with Crippen LogP contribution < -0.4 is 10.6 Å². The Morgan fingerprint density at radius 2 is 2.18 bits per heavy atom. The molecule has 2 N–H and O–H groups in total. The van der Waals surface area contributed by atoms with Gasteiger partial charge in [0.05, 0.1) is 0 Å². The Kier molecular flexibility index (Phi) is 3.00. The summed E-state index contributed by atoms with van der Waals surface area (Å²) in [7, 11) is 1.76. The second kappa shape index (κ2) is 4.31. The maximum absolute atomic E-state index is 11.8. The molecule has 2 rings (SSSR count). The number of nitrogens with zero attached hydrogens (tertiary/aromatic N) is 2. The summed E-state index contributed by atoms with van der Waals surface area (Å²) in [4.78, 5) is 11.8. The summed E-state index contributed by atoms with van der Waals surface area (Å²) < 4.78 is 0. The molecule has 1 aromatic rings. The van der Waals surface area contributed by atoms with Gasteiger partial charge in [0, 0.05) is 13.6 Å². The third-order valence-corrected chi connectivity index (χ3v) is 3.38. The van der Waals surface area contributed by atoms with Crippen molar-refractivity contribution < 1.29 is 4.79 Å². The largest absolute Gasteiger partial charge is 0.372 e. The number of hydrogen-bond acceptors (Lipinski definition) is 4. The Labute approximate surface area is 101 Å². The quantitative estimate of drug-likeness (QED) is 0.824. The summed E-state index contributed by atoms with van der Waals surface area (Å²) in [5.41, 5.74) is 0.747. The fourth-order valence-corrected chi connectivity index (χ4v) is 1.82. The van der Waals surface area contributed by atoms with Crippen LogP contribution in [0, 0.1) is 11.3 Å². The standard InChI is InChI=1S/C12H18N4O/c1-12(2)6-8(12)7-14-11(17)9-4-5-10(13-3)16-15-9/h4-5,8H,6-7H2,1-3H3,(H,13,16)(H,14,17). The monoisotopic (exact) mass is 234 g/mol. The molecule has 1 atom stereocenters. The lowest BCUT2D eigenvalue weighted by atomic mass is 10.1. The van der Waals surface area contributed by atoms with Gasteiger partial charge in [0.2, 0.25) is 0 Å². The SMILES string of the molecule is CNc1ccc(C(=O)NCC2CC2(C)C)nn1. The number of anilines is 1. The zero-order chi connectivity index (χ0) is 12.5. The number of aromatic nitrogens is 2. The number of hydrogen-bond donors (Lipinski definition) is 2. The Morgan fingerprint density at radius 1 is 1.47 bits per heavy atom. The van der Waals surface area contributed by atoms with Crippen molar-refractivity contribution in [2.24, 2.45) is 11.3 Å². The highest BCUT2D eigenvalue weighted by Gasteiger charge is 2.45. The molecule has 1 fully saturated rings. The van der Waals surface area contributed by atoms with Gasteiger partial charge in [-0.25, -0.2) is 0 Å². The smallest absolute Gasteiger partial charge is 0.271 e. The Hall–Kier alpha value is -1.65. The molecule has 1 aromatic heterocycles. The molecule has 0 aliphatic heterocycles. The molecule has 1 aliphatic rings. The molecule has 5 nitrogen and oxygen atoms in total. The van der Waals surface area contributed by atoms with Crippen LogP contribution in [0.2, 0.25) is 0 Å². The minimum Gasteiger partial charge on any atom is -0.372 e. The molecule has 17 heavy (non-hydrogen) atoms. The van der Waals surface area contributed by atoms with E-state index >= 15 is 0 Å². The Balaban J connectivity index is 1.87. The van der Waals surface area contributed by atoms with Crippen molar-refractivity contribution in [1.82, 2.24) is 15.5 Å². The molecular formula is C12H18N4O. The minimum absolute atomic E-state index is 0.150. The first-order valence-electron chi connectivity index (χ1n) is 5.82. The topological polar surface area (TPSA) is 66.9 Å². The average molecular weight is 234 g/mol. The van der Waals surface area contributed by atoms with Crippen LogP contribution in [0.3, 0.4) is 0 Å². The third-order valence-electron chi connectivity index (χ3n) is 3.38. The first-order chi connectivity index (χ1) is 8.03. The minimum atomic E-state index is -0.150. The second-order valence-electron chi connectivity index (χ2n) is 5.15. The van der Waals surface area contributed by atoms with E-state index in [2.05, 4.69) is 34.7 Å². The zero-order valence-corrected chi connectivity index (χ0v) is 10.4. The molecule has 0 bridgehead atoms. The highest BCUT2D eigenvalue weighted by Crippen LogP contribution is 2.50. The van der Waals surface area contributed by atoms with Crippen LogP contribution in [0.15, 0.2) is 12.1 Å². The van der Waals surface area contributed by atoms with Gasteiger partial charge in [0.1, 0.15) is 5.82 Å². The Bertz CT molecular complexity index is 413. The van der Waals surface area contributed by atoms with Crippen molar-refractivity contribution in [2.45, 2.75) is 20.3 Å². The lowest BCUT2D eigenvalue weighted by molar-refractivity contribution is 0.0944. The molecule has 1 amide bonds. The van der Waals surface area contributed by atoms with Crippen molar-refractivity contribution in [1.29, 1.82) is 0 Å². The van der Waals surface area contributed by atoms with Crippen LogP contribution in [-0.2, 0) is 0 Å². The number of amides is 1. The van der Waals surface area contributed by atoms with Gasteiger partial charge in [-0.2, -0.15) is 0 Å². The van der Waals surface area contributed by atoms with Gasteiger partial charge in [-0.3, -0.25) is 4.79 Å². The molecular weight excluding hydrogens is 216 g/mol. The average Bonchev–Trinajstić information content (AvgIpc) is 2.94. The fourth-order valence-electron chi connectivity index (χ4n) is 1.82. The van der Waals surface area contributed by atoms with Gasteiger partial charge in [-0.1, -0.05) is 13.8 Å². The molecule has 1 aliphatic carbocycles. The van der Waals surface area contributed by atoms with E-state index in [-0.39, 0.29) is 5.91 Å². The summed E-state index contributed by atoms with van der Waals surface area (Å²) in [6, 6.07) is 3.41. The van der Waals surface area contributed by atoms with Gasteiger partial charge in [-0.15, -0.1) is 10.2 Å². The van der Waals surface area contributed by atoms with Gasteiger partial charge in [0.25, 0.3) is 5.91 Å². The van der Waals surface area contributed by atoms with E-state index < -0.39 is 0 Å². The summed E-state index contributed by atoms with van der Waals surface area (Å²) in [5, 5.41) is 13.5. The van der Waals surface area contributed by atoms with Crippen molar-refractivity contribution in [3.63, 3.8) is 0 Å². The van der Waals surface area contributed by atoms with E-state index in [0.717, 1.165) is 6.54 Å². The summed E-state index contributed by atoms with van der Waals surface area (Å²) in [6.07, 6.45) is 1.18. The number of rotatable bonds is 4. The van der Waals surface area contributed by atoms with Gasteiger partial charge in [0.15, 0.2) is 5.69 Å². The van der Waals surface area contributed by atoms with Gasteiger partial charge < -0.3 is 10.6 Å². The summed E-state index contributed by atoms with van der Waals surface area (Å²) in [5.74, 6) is 1.10. The molecule has 5 heteroatoms. The van der Waals surface area contributed by atoms with Crippen LogP contribution in [0.1, 0.15) is 30.8 Å². The van der Waals surface area contributed by atoms with Crippen LogP contribution in [0.5, 0.6) is 0 Å². The molecule has 1 saturated carbocycles. The zero-order valence-electron chi connectivity index (χ0n) is 10.4. The summed E-state index contributed by atoms with van der Waals surface area (Å²) in [6.45, 7) is 5.15. The van der Waals surface area contributed by atoms with Crippen LogP contribution in [0.4, 0.5) is 5.82 Å². The van der Waals surface area contributed by atoms with Crippen molar-refractivity contribution in [3.8, 4) is 0 Å². The first-order valence-corrected chi connectivity index (χ1v) is 5.82. The highest BCUT2D eigenvalue weighted by molar-refractivity contribution is 5.92. The normalized spacial score (nSPS) is 20.8. The van der Waals surface area contributed by atoms with E-state index in [1.807, 2.05) is 0 Å². The molecule has 0 saturated heterocycles. The fraction of sp³-hybridized carbons (Fsp3) is 0.583. The van der Waals surface area contributed by atoms with Crippen LogP contribution in [0.25, 0.3) is 0 Å². The molecule has 0 aromatic carbocycles. The lowest BCUT2D eigenvalue weighted by Crippen LogP contribution is -2.27. The number of carbonyl (C=O) groups excluding carboxylic acids is 1. The Morgan fingerprint density at radius 3 is 2.65 bits per heavy atom. The highest BCUT2D eigenvalue weighted by atomic mass is 16.1. The van der Waals surface area contributed by atoms with E-state index in [0.29, 0.717) is 22.8 Å². The number of carbonyl (C=O) groups is 1. The van der Waals surface area contributed by atoms with E-state index in [1.165, 1.54) is 6.42 Å². The molecule has 1 unspecified atom stereocenters. The lowest BCUT2D eigenvalue weighted by Gasteiger charge is -2.06. The van der Waals surface area contributed by atoms with Gasteiger partial charge >= 0.3 is 0 Å².